The topological polar surface area (TPSA) is 20.3 Å². The van der Waals surface area contributed by atoms with Crippen LogP contribution >= 0.6 is 0 Å². The summed E-state index contributed by atoms with van der Waals surface area (Å²) in [7, 11) is 0. The molecule has 0 radical (unpaired) electrons. The lowest BCUT2D eigenvalue weighted by Crippen LogP contribution is -2.45. The van der Waals surface area contributed by atoms with Crippen LogP contribution in [-0.4, -0.2) is 22.9 Å². The van der Waals surface area contributed by atoms with Crippen LogP contribution in [0.4, 0.5) is 0 Å². The van der Waals surface area contributed by atoms with Gasteiger partial charge in [0.05, 0.1) is 0 Å². The van der Waals surface area contributed by atoms with Gasteiger partial charge in [0.2, 0.25) is 5.91 Å². The van der Waals surface area contributed by atoms with E-state index in [4.69, 9.17) is 0 Å². The maximum atomic E-state index is 12.4. The van der Waals surface area contributed by atoms with E-state index in [0.29, 0.717) is 29.8 Å². The third kappa shape index (κ3) is 2.58. The molecule has 1 heterocycles. The minimum atomic E-state index is 0.154. The molecule has 16 heavy (non-hydrogen) atoms. The Morgan fingerprint density at radius 3 is 2.12 bits per heavy atom. The minimum absolute atomic E-state index is 0.154. The average Bonchev–Trinajstić information content (AvgIpc) is 2.57. The summed E-state index contributed by atoms with van der Waals surface area (Å²) in [6.45, 7) is 13.0. The fourth-order valence-corrected chi connectivity index (χ4v) is 2.57. The number of hydrogen-bond acceptors (Lipinski definition) is 1. The molecule has 1 saturated heterocycles. The molecule has 2 unspecified atom stereocenters. The largest absolute Gasteiger partial charge is 0.337 e. The summed E-state index contributed by atoms with van der Waals surface area (Å²) in [4.78, 5) is 14.6. The SMILES string of the molecule is CC(C)C(C)C(=O)N1C(C)CC[C@H]1C(C)C. The van der Waals surface area contributed by atoms with Gasteiger partial charge >= 0.3 is 0 Å². The summed E-state index contributed by atoms with van der Waals surface area (Å²) in [6, 6.07) is 0.893. The number of nitrogens with zero attached hydrogens (tertiary/aromatic N) is 1. The Kier molecular flexibility index (Phi) is 4.40. The summed E-state index contributed by atoms with van der Waals surface area (Å²) in [5.74, 6) is 1.53. The third-order valence-corrected chi connectivity index (χ3v) is 4.13. The van der Waals surface area contributed by atoms with E-state index in [1.807, 2.05) is 0 Å². The lowest BCUT2D eigenvalue weighted by Gasteiger charge is -2.34. The smallest absolute Gasteiger partial charge is 0.226 e. The first kappa shape index (κ1) is 13.5. The maximum Gasteiger partial charge on any atom is 0.226 e. The number of hydrogen-bond donors (Lipinski definition) is 0. The first-order valence-electron chi connectivity index (χ1n) is 6.68. The fourth-order valence-electron chi connectivity index (χ4n) is 2.57. The number of carbonyl (C=O) groups is 1. The Labute approximate surface area is 100 Å². The van der Waals surface area contributed by atoms with Crippen LogP contribution in [0.2, 0.25) is 0 Å². The molecule has 0 aromatic carbocycles. The molecular weight excluding hydrogens is 198 g/mol. The number of rotatable bonds is 3. The molecule has 1 fully saturated rings. The first-order valence-corrected chi connectivity index (χ1v) is 6.68. The van der Waals surface area contributed by atoms with E-state index in [1.54, 1.807) is 0 Å². The quantitative estimate of drug-likeness (QED) is 0.721. The Bertz CT molecular complexity index is 247. The molecule has 0 aromatic rings. The van der Waals surface area contributed by atoms with Gasteiger partial charge in [0.15, 0.2) is 0 Å². The van der Waals surface area contributed by atoms with Crippen molar-refractivity contribution in [3.8, 4) is 0 Å². The second kappa shape index (κ2) is 5.20. The van der Waals surface area contributed by atoms with E-state index in [0.717, 1.165) is 0 Å². The van der Waals surface area contributed by atoms with Crippen molar-refractivity contribution < 1.29 is 4.79 Å². The van der Waals surface area contributed by atoms with E-state index in [9.17, 15) is 4.79 Å². The summed E-state index contributed by atoms with van der Waals surface area (Å²) >= 11 is 0. The van der Waals surface area contributed by atoms with Crippen molar-refractivity contribution in [3.63, 3.8) is 0 Å². The van der Waals surface area contributed by atoms with Crippen LogP contribution in [0.25, 0.3) is 0 Å². The minimum Gasteiger partial charge on any atom is -0.337 e. The summed E-state index contributed by atoms with van der Waals surface area (Å²) < 4.78 is 0. The standard InChI is InChI=1S/C14H27NO/c1-9(2)12(6)14(16)15-11(5)7-8-13(15)10(3)4/h9-13H,7-8H2,1-6H3/t11?,12?,13-/m0/s1. The van der Waals surface area contributed by atoms with Crippen molar-refractivity contribution in [2.45, 2.75) is 66.5 Å². The van der Waals surface area contributed by atoms with Gasteiger partial charge in [0.25, 0.3) is 0 Å². The van der Waals surface area contributed by atoms with Gasteiger partial charge in [-0.05, 0) is 31.6 Å². The van der Waals surface area contributed by atoms with Gasteiger partial charge in [-0.15, -0.1) is 0 Å². The van der Waals surface area contributed by atoms with Crippen molar-refractivity contribution in [2.75, 3.05) is 0 Å². The van der Waals surface area contributed by atoms with Crippen LogP contribution in [0.3, 0.4) is 0 Å². The van der Waals surface area contributed by atoms with Crippen LogP contribution in [-0.2, 0) is 4.79 Å². The van der Waals surface area contributed by atoms with Crippen molar-refractivity contribution in [3.05, 3.63) is 0 Å². The highest BCUT2D eigenvalue weighted by Crippen LogP contribution is 2.31. The Hall–Kier alpha value is -0.530. The average molecular weight is 225 g/mol. The van der Waals surface area contributed by atoms with Crippen LogP contribution < -0.4 is 0 Å². The summed E-state index contributed by atoms with van der Waals surface area (Å²) in [5, 5.41) is 0. The molecule has 3 atom stereocenters. The fraction of sp³-hybridized carbons (Fsp3) is 0.929. The normalized spacial score (nSPS) is 27.9. The summed E-state index contributed by atoms with van der Waals surface area (Å²) in [5.41, 5.74) is 0. The third-order valence-electron chi connectivity index (χ3n) is 4.13. The Balaban J connectivity index is 2.79. The molecule has 94 valence electrons. The zero-order valence-electron chi connectivity index (χ0n) is 11.7. The van der Waals surface area contributed by atoms with E-state index in [-0.39, 0.29) is 5.92 Å². The molecule has 0 N–H and O–H groups in total. The van der Waals surface area contributed by atoms with Gasteiger partial charge in [-0.25, -0.2) is 0 Å². The lowest BCUT2D eigenvalue weighted by molar-refractivity contribution is -0.139. The molecule has 0 aromatic heterocycles. The van der Waals surface area contributed by atoms with Crippen LogP contribution in [0.1, 0.15) is 54.4 Å². The Morgan fingerprint density at radius 2 is 1.69 bits per heavy atom. The van der Waals surface area contributed by atoms with Crippen molar-refractivity contribution in [1.82, 2.24) is 4.90 Å². The number of carbonyl (C=O) groups excluding carboxylic acids is 1. The van der Waals surface area contributed by atoms with Gasteiger partial charge in [-0.2, -0.15) is 0 Å². The van der Waals surface area contributed by atoms with Gasteiger partial charge in [0.1, 0.15) is 0 Å². The molecule has 1 amide bonds. The molecule has 0 bridgehead atoms. The monoisotopic (exact) mass is 225 g/mol. The van der Waals surface area contributed by atoms with Crippen LogP contribution in [0, 0.1) is 17.8 Å². The molecule has 2 nitrogen and oxygen atoms in total. The second-order valence-corrected chi connectivity index (χ2v) is 6.02. The predicted octanol–water partition coefficient (Wildman–Crippen LogP) is 3.31. The highest BCUT2D eigenvalue weighted by Gasteiger charge is 2.37. The molecule has 1 aliphatic heterocycles. The number of amides is 1. The maximum absolute atomic E-state index is 12.4. The van der Waals surface area contributed by atoms with Gasteiger partial charge in [-0.1, -0.05) is 34.6 Å². The molecule has 0 aliphatic carbocycles. The molecule has 1 rings (SSSR count). The first-order chi connectivity index (χ1) is 7.36. The Morgan fingerprint density at radius 1 is 1.12 bits per heavy atom. The molecule has 0 spiro atoms. The van der Waals surface area contributed by atoms with Crippen LogP contribution in [0.15, 0.2) is 0 Å². The van der Waals surface area contributed by atoms with E-state index < -0.39 is 0 Å². The molecular formula is C14H27NO. The van der Waals surface area contributed by atoms with Gasteiger partial charge in [0, 0.05) is 18.0 Å². The highest BCUT2D eigenvalue weighted by molar-refractivity contribution is 5.79. The van der Waals surface area contributed by atoms with Crippen molar-refractivity contribution in [1.29, 1.82) is 0 Å². The zero-order chi connectivity index (χ0) is 12.5. The lowest BCUT2D eigenvalue weighted by atomic mass is 9.94. The van der Waals surface area contributed by atoms with Crippen LogP contribution in [0.5, 0.6) is 0 Å². The highest BCUT2D eigenvalue weighted by atomic mass is 16.2. The zero-order valence-corrected chi connectivity index (χ0v) is 11.7. The van der Waals surface area contributed by atoms with Crippen molar-refractivity contribution >= 4 is 5.91 Å². The molecule has 2 heteroatoms. The molecule has 0 saturated carbocycles. The van der Waals surface area contributed by atoms with E-state index in [1.165, 1.54) is 12.8 Å². The number of likely N-dealkylation sites (tertiary alicyclic amines) is 1. The van der Waals surface area contributed by atoms with Gasteiger partial charge in [-0.3, -0.25) is 4.79 Å². The van der Waals surface area contributed by atoms with E-state index in [2.05, 4.69) is 46.4 Å². The predicted molar refractivity (Wildman–Crippen MR) is 68.2 cm³/mol. The second-order valence-electron chi connectivity index (χ2n) is 6.02. The van der Waals surface area contributed by atoms with Gasteiger partial charge < -0.3 is 4.90 Å². The summed E-state index contributed by atoms with van der Waals surface area (Å²) in [6.07, 6.45) is 2.34. The van der Waals surface area contributed by atoms with E-state index >= 15 is 0 Å². The van der Waals surface area contributed by atoms with Crippen molar-refractivity contribution in [2.24, 2.45) is 17.8 Å². The molecule has 1 aliphatic rings.